The molecule has 1 amide bonds. The fourth-order valence-corrected chi connectivity index (χ4v) is 3.19. The molecule has 1 heterocycles. The van der Waals surface area contributed by atoms with Crippen LogP contribution in [0.1, 0.15) is 54.0 Å². The largest absolute Gasteiger partial charge is 0.476 e. The molecule has 0 unspecified atom stereocenters. The number of carboxylic acid groups (broad SMARTS) is 1. The smallest absolute Gasteiger partial charge is 0.355 e. The van der Waals surface area contributed by atoms with Gasteiger partial charge in [0.05, 0.1) is 6.54 Å². The summed E-state index contributed by atoms with van der Waals surface area (Å²) in [5, 5.41) is 13.6. The molecule has 110 valence electrons. The second-order valence-electron chi connectivity index (χ2n) is 5.31. The summed E-state index contributed by atoms with van der Waals surface area (Å²) >= 11 is 1.23. The number of nitrogens with one attached hydrogen (secondary N) is 1. The Morgan fingerprint density at radius 3 is 2.70 bits per heavy atom. The van der Waals surface area contributed by atoms with Gasteiger partial charge in [-0.1, -0.05) is 19.3 Å². The molecular formula is C13H19N3O3S. The van der Waals surface area contributed by atoms with Crippen LogP contribution in [-0.4, -0.2) is 27.5 Å². The first kappa shape index (κ1) is 14.9. The van der Waals surface area contributed by atoms with Crippen LogP contribution in [-0.2, 0) is 11.3 Å². The van der Waals surface area contributed by atoms with Crippen LogP contribution in [0.15, 0.2) is 5.38 Å². The van der Waals surface area contributed by atoms with Gasteiger partial charge in [-0.3, -0.25) is 4.79 Å². The van der Waals surface area contributed by atoms with E-state index in [2.05, 4.69) is 10.3 Å². The molecule has 0 saturated heterocycles. The number of carbonyl (C=O) groups excluding carboxylic acids is 1. The average Bonchev–Trinajstić information content (AvgIpc) is 2.85. The van der Waals surface area contributed by atoms with Gasteiger partial charge in [0.15, 0.2) is 5.69 Å². The van der Waals surface area contributed by atoms with Crippen molar-refractivity contribution in [3.63, 3.8) is 0 Å². The van der Waals surface area contributed by atoms with Crippen LogP contribution in [0.25, 0.3) is 0 Å². The van der Waals surface area contributed by atoms with Crippen molar-refractivity contribution in [2.45, 2.75) is 50.6 Å². The van der Waals surface area contributed by atoms with Crippen molar-refractivity contribution < 1.29 is 14.7 Å². The summed E-state index contributed by atoms with van der Waals surface area (Å²) in [6, 6.07) is 0. The number of carbonyl (C=O) groups is 2. The van der Waals surface area contributed by atoms with Crippen molar-refractivity contribution in [3.8, 4) is 0 Å². The van der Waals surface area contributed by atoms with E-state index in [0.29, 0.717) is 11.4 Å². The number of rotatable bonds is 5. The minimum Gasteiger partial charge on any atom is -0.476 e. The summed E-state index contributed by atoms with van der Waals surface area (Å²) < 4.78 is 0. The molecule has 2 rings (SSSR count). The van der Waals surface area contributed by atoms with Crippen molar-refractivity contribution in [3.05, 3.63) is 16.1 Å². The van der Waals surface area contributed by atoms with E-state index in [0.717, 1.165) is 25.7 Å². The predicted octanol–water partition coefficient (Wildman–Crippen LogP) is 1.51. The monoisotopic (exact) mass is 297 g/mol. The Morgan fingerprint density at radius 1 is 1.40 bits per heavy atom. The third-order valence-corrected chi connectivity index (χ3v) is 4.42. The van der Waals surface area contributed by atoms with Crippen molar-refractivity contribution in [2.24, 2.45) is 5.73 Å². The Morgan fingerprint density at radius 2 is 2.10 bits per heavy atom. The molecule has 1 aromatic heterocycles. The number of nitrogens with zero attached hydrogens (tertiary/aromatic N) is 1. The highest BCUT2D eigenvalue weighted by Crippen LogP contribution is 2.28. The Balaban J connectivity index is 1.80. The Bertz CT molecular complexity index is 495. The molecule has 1 saturated carbocycles. The fraction of sp³-hybridized carbons (Fsp3) is 0.615. The van der Waals surface area contributed by atoms with Gasteiger partial charge in [-0.2, -0.15) is 0 Å². The summed E-state index contributed by atoms with van der Waals surface area (Å²) in [7, 11) is 0. The average molecular weight is 297 g/mol. The van der Waals surface area contributed by atoms with Gasteiger partial charge in [-0.05, 0) is 12.8 Å². The summed E-state index contributed by atoms with van der Waals surface area (Å²) in [5.74, 6) is -1.15. The van der Waals surface area contributed by atoms with Gasteiger partial charge >= 0.3 is 5.97 Å². The molecule has 1 aromatic rings. The van der Waals surface area contributed by atoms with Gasteiger partial charge in [0.2, 0.25) is 5.91 Å². The molecule has 6 nitrogen and oxygen atoms in total. The number of aromatic carboxylic acids is 1. The highest BCUT2D eigenvalue weighted by atomic mass is 32.1. The zero-order valence-electron chi connectivity index (χ0n) is 11.2. The van der Waals surface area contributed by atoms with Gasteiger partial charge < -0.3 is 16.2 Å². The molecule has 0 aromatic carbocycles. The molecule has 20 heavy (non-hydrogen) atoms. The maximum atomic E-state index is 11.9. The molecule has 0 spiro atoms. The van der Waals surface area contributed by atoms with E-state index in [1.165, 1.54) is 23.1 Å². The van der Waals surface area contributed by atoms with E-state index in [1.807, 2.05) is 0 Å². The Labute approximate surface area is 121 Å². The van der Waals surface area contributed by atoms with E-state index < -0.39 is 5.97 Å². The van der Waals surface area contributed by atoms with Gasteiger partial charge in [0, 0.05) is 17.3 Å². The number of hydrogen-bond donors (Lipinski definition) is 3. The van der Waals surface area contributed by atoms with Gasteiger partial charge in [-0.15, -0.1) is 11.3 Å². The first-order valence-corrected chi connectivity index (χ1v) is 7.60. The summed E-state index contributed by atoms with van der Waals surface area (Å²) in [6.07, 6.45) is 5.46. The molecule has 1 aliphatic carbocycles. The molecular weight excluding hydrogens is 278 g/mol. The van der Waals surface area contributed by atoms with Gasteiger partial charge in [0.25, 0.3) is 0 Å². The van der Waals surface area contributed by atoms with Crippen LogP contribution < -0.4 is 11.1 Å². The lowest BCUT2D eigenvalue weighted by atomic mass is 9.80. The van der Waals surface area contributed by atoms with Crippen LogP contribution >= 0.6 is 11.3 Å². The first-order chi connectivity index (χ1) is 9.48. The van der Waals surface area contributed by atoms with Crippen molar-refractivity contribution in [2.75, 3.05) is 0 Å². The second kappa shape index (κ2) is 6.32. The van der Waals surface area contributed by atoms with E-state index in [9.17, 15) is 9.59 Å². The second-order valence-corrected chi connectivity index (χ2v) is 6.25. The topological polar surface area (TPSA) is 105 Å². The fourth-order valence-electron chi connectivity index (χ4n) is 2.48. The van der Waals surface area contributed by atoms with Gasteiger partial charge in [0.1, 0.15) is 5.01 Å². The van der Waals surface area contributed by atoms with Crippen LogP contribution in [0, 0.1) is 0 Å². The molecule has 4 N–H and O–H groups in total. The maximum Gasteiger partial charge on any atom is 0.355 e. The van der Waals surface area contributed by atoms with Crippen LogP contribution in [0.3, 0.4) is 0 Å². The lowest BCUT2D eigenvalue weighted by Gasteiger charge is -2.32. The molecule has 0 atom stereocenters. The highest BCUT2D eigenvalue weighted by Gasteiger charge is 2.29. The van der Waals surface area contributed by atoms with Gasteiger partial charge in [-0.25, -0.2) is 9.78 Å². The minimum atomic E-state index is -1.05. The summed E-state index contributed by atoms with van der Waals surface area (Å²) in [4.78, 5) is 26.5. The van der Waals surface area contributed by atoms with Crippen LogP contribution in [0.2, 0.25) is 0 Å². The molecule has 0 radical (unpaired) electrons. The lowest BCUT2D eigenvalue weighted by Crippen LogP contribution is -2.45. The van der Waals surface area contributed by atoms with E-state index in [4.69, 9.17) is 10.8 Å². The third kappa shape index (κ3) is 4.01. The minimum absolute atomic E-state index is 0.0156. The number of thiazole rings is 1. The summed E-state index contributed by atoms with van der Waals surface area (Å²) in [6.45, 7) is 0.257. The SMILES string of the molecule is NC1(CC(=O)NCc2nc(C(=O)O)cs2)CCCCC1. The quantitative estimate of drug-likeness (QED) is 0.764. The standard InChI is InChI=1S/C13H19N3O3S/c14-13(4-2-1-3-5-13)6-10(17)15-7-11-16-9(8-20-11)12(18)19/h8H,1-7,14H2,(H,15,17)(H,18,19). The van der Waals surface area contributed by atoms with Crippen molar-refractivity contribution in [1.82, 2.24) is 10.3 Å². The molecule has 7 heteroatoms. The predicted molar refractivity (Wildman–Crippen MR) is 75.5 cm³/mol. The molecule has 0 aliphatic heterocycles. The van der Waals surface area contributed by atoms with Crippen LogP contribution in [0.5, 0.6) is 0 Å². The first-order valence-electron chi connectivity index (χ1n) is 6.72. The number of hydrogen-bond acceptors (Lipinski definition) is 5. The normalized spacial score (nSPS) is 17.6. The zero-order chi connectivity index (χ0) is 14.6. The molecule has 1 aliphatic rings. The molecule has 1 fully saturated rings. The Hall–Kier alpha value is -1.47. The lowest BCUT2D eigenvalue weighted by molar-refractivity contribution is -0.122. The Kier molecular flexibility index (Phi) is 4.72. The number of aromatic nitrogens is 1. The zero-order valence-corrected chi connectivity index (χ0v) is 12.0. The third-order valence-electron chi connectivity index (χ3n) is 3.57. The maximum absolute atomic E-state index is 11.9. The molecule has 0 bridgehead atoms. The van der Waals surface area contributed by atoms with Crippen molar-refractivity contribution in [1.29, 1.82) is 0 Å². The van der Waals surface area contributed by atoms with Crippen molar-refractivity contribution >= 4 is 23.2 Å². The summed E-state index contributed by atoms with van der Waals surface area (Å²) in [5.41, 5.74) is 5.86. The van der Waals surface area contributed by atoms with E-state index in [1.54, 1.807) is 0 Å². The van der Waals surface area contributed by atoms with Crippen LogP contribution in [0.4, 0.5) is 0 Å². The number of nitrogens with two attached hydrogens (primary N) is 1. The van der Waals surface area contributed by atoms with E-state index >= 15 is 0 Å². The number of amides is 1. The van der Waals surface area contributed by atoms with E-state index in [-0.39, 0.29) is 23.7 Å². The highest BCUT2D eigenvalue weighted by molar-refractivity contribution is 7.09. The number of carboxylic acids is 1.